The molecule has 0 spiro atoms. The average Bonchev–Trinajstić information content (AvgIpc) is 2.29. The molecule has 17 heavy (non-hydrogen) atoms. The quantitative estimate of drug-likeness (QED) is 0.746. The summed E-state index contributed by atoms with van der Waals surface area (Å²) in [6, 6.07) is 6.32. The second-order valence-corrected chi connectivity index (χ2v) is 3.45. The van der Waals surface area contributed by atoms with Gasteiger partial charge in [-0.1, -0.05) is 17.7 Å². The Kier molecular flexibility index (Phi) is 5.08. The molecule has 1 N–H and O–H groups in total. The van der Waals surface area contributed by atoms with Crippen molar-refractivity contribution >= 4 is 17.6 Å². The van der Waals surface area contributed by atoms with E-state index in [-0.39, 0.29) is 36.5 Å². The van der Waals surface area contributed by atoms with Gasteiger partial charge in [-0.25, -0.2) is 14.8 Å². The smallest absolute Gasteiger partial charge is 1.00 e. The number of nitrogens with zero attached hydrogens (tertiary/aromatic N) is 2. The minimum atomic E-state index is -1.05. The molecule has 0 radical (unpaired) electrons. The van der Waals surface area contributed by atoms with Gasteiger partial charge in [0.15, 0.2) is 5.82 Å². The zero-order chi connectivity index (χ0) is 11.5. The first-order valence-electron chi connectivity index (χ1n) is 4.49. The van der Waals surface area contributed by atoms with Gasteiger partial charge >= 0.3 is 35.5 Å². The van der Waals surface area contributed by atoms with Crippen molar-refractivity contribution in [2.75, 3.05) is 0 Å². The molecule has 1 heterocycles. The van der Waals surface area contributed by atoms with Crippen LogP contribution in [0.5, 0.6) is 0 Å². The number of carbonyl (C=O) groups is 1. The first-order chi connectivity index (χ1) is 7.70. The topological polar surface area (TPSA) is 63.1 Å². The van der Waals surface area contributed by atoms with Crippen LogP contribution >= 0.6 is 11.6 Å². The monoisotopic (exact) mass is 258 g/mol. The molecule has 0 bridgehead atoms. The van der Waals surface area contributed by atoms with Gasteiger partial charge in [-0.2, -0.15) is 0 Å². The van der Waals surface area contributed by atoms with Crippen molar-refractivity contribution in [3.05, 3.63) is 47.2 Å². The normalized spacial score (nSPS) is 9.47. The van der Waals surface area contributed by atoms with E-state index in [2.05, 4.69) is 9.97 Å². The molecule has 0 fully saturated rings. The maximum absolute atomic E-state index is 11.0. The molecule has 1 aromatic heterocycles. The van der Waals surface area contributed by atoms with Crippen molar-refractivity contribution < 1.29 is 40.9 Å². The van der Waals surface area contributed by atoms with E-state index >= 15 is 0 Å². The Hall–Kier alpha value is -0.940. The number of aromatic nitrogens is 2. The fourth-order valence-electron chi connectivity index (χ4n) is 1.36. The summed E-state index contributed by atoms with van der Waals surface area (Å²) < 4.78 is 0. The Morgan fingerprint density at radius 2 is 1.88 bits per heavy atom. The zero-order valence-corrected chi connectivity index (χ0v) is 11.8. The van der Waals surface area contributed by atoms with Crippen molar-refractivity contribution in [1.82, 2.24) is 9.97 Å². The van der Waals surface area contributed by atoms with E-state index in [9.17, 15) is 4.79 Å². The van der Waals surface area contributed by atoms with E-state index in [0.29, 0.717) is 16.4 Å². The molecular formula is C11H8ClN2NaO2. The molecule has 4 nitrogen and oxygen atoms in total. The van der Waals surface area contributed by atoms with E-state index in [1.54, 1.807) is 18.2 Å². The summed E-state index contributed by atoms with van der Waals surface area (Å²) in [6.45, 7) is 0. The number of rotatable bonds is 2. The minimum absolute atomic E-state index is 0. The molecule has 1 aromatic carbocycles. The molecule has 0 unspecified atom stereocenters. The Balaban J connectivity index is 0.00000144. The van der Waals surface area contributed by atoms with Crippen molar-refractivity contribution in [2.45, 2.75) is 0 Å². The number of hydrogen-bond donors (Lipinski definition) is 1. The van der Waals surface area contributed by atoms with Gasteiger partial charge in [0.1, 0.15) is 0 Å². The van der Waals surface area contributed by atoms with Gasteiger partial charge in [0.05, 0.1) is 16.1 Å². The van der Waals surface area contributed by atoms with Crippen LogP contribution in [0.25, 0.3) is 11.4 Å². The second-order valence-electron chi connectivity index (χ2n) is 3.04. The first-order valence-corrected chi connectivity index (χ1v) is 4.87. The van der Waals surface area contributed by atoms with E-state index in [0.717, 1.165) is 0 Å². The van der Waals surface area contributed by atoms with Crippen molar-refractivity contribution in [3.63, 3.8) is 0 Å². The molecule has 0 saturated carbocycles. The summed E-state index contributed by atoms with van der Waals surface area (Å²) in [5, 5.41) is 9.36. The third-order valence-electron chi connectivity index (χ3n) is 2.03. The van der Waals surface area contributed by atoms with Gasteiger partial charge in [-0.15, -0.1) is 0 Å². The predicted molar refractivity (Wildman–Crippen MR) is 60.5 cm³/mol. The summed E-state index contributed by atoms with van der Waals surface area (Å²) in [5.41, 5.74) is 0.441. The van der Waals surface area contributed by atoms with Gasteiger partial charge in [0, 0.05) is 12.4 Å². The molecule has 0 atom stereocenters. The Morgan fingerprint density at radius 1 is 1.24 bits per heavy atom. The molecule has 0 aliphatic heterocycles. The van der Waals surface area contributed by atoms with Crippen LogP contribution in [0.15, 0.2) is 36.7 Å². The third-order valence-corrected chi connectivity index (χ3v) is 2.35. The van der Waals surface area contributed by atoms with Crippen LogP contribution in [-0.2, 0) is 0 Å². The van der Waals surface area contributed by atoms with Crippen LogP contribution in [-0.4, -0.2) is 21.0 Å². The number of carboxylic acids is 1. The van der Waals surface area contributed by atoms with Crippen molar-refractivity contribution in [2.24, 2.45) is 0 Å². The molecule has 0 saturated heterocycles. The fraction of sp³-hybridized carbons (Fsp3) is 0. The van der Waals surface area contributed by atoms with Crippen LogP contribution in [0, 0.1) is 0 Å². The number of carboxylic acid groups (broad SMARTS) is 1. The van der Waals surface area contributed by atoms with Crippen LogP contribution in [0.4, 0.5) is 0 Å². The largest absolute Gasteiger partial charge is 1.00 e. The zero-order valence-electron chi connectivity index (χ0n) is 10.1. The summed E-state index contributed by atoms with van der Waals surface area (Å²) in [4.78, 5) is 19.0. The van der Waals surface area contributed by atoms with Crippen molar-refractivity contribution in [1.29, 1.82) is 0 Å². The van der Waals surface area contributed by atoms with Crippen LogP contribution in [0.1, 0.15) is 11.8 Å². The number of halogens is 1. The third kappa shape index (κ3) is 3.04. The molecule has 0 amide bonds. The maximum atomic E-state index is 11.0. The first kappa shape index (κ1) is 14.1. The SMILES string of the molecule is O=C(O)c1cccc(Cl)c1-c1ncccn1.[H-].[Na+]. The summed E-state index contributed by atoms with van der Waals surface area (Å²) in [7, 11) is 0. The van der Waals surface area contributed by atoms with E-state index < -0.39 is 5.97 Å². The van der Waals surface area contributed by atoms with E-state index in [1.165, 1.54) is 18.5 Å². The predicted octanol–water partition coefficient (Wildman–Crippen LogP) is -0.388. The van der Waals surface area contributed by atoms with E-state index in [4.69, 9.17) is 16.7 Å². The second kappa shape index (κ2) is 6.12. The van der Waals surface area contributed by atoms with Gasteiger partial charge < -0.3 is 6.53 Å². The van der Waals surface area contributed by atoms with Crippen LogP contribution in [0.2, 0.25) is 5.02 Å². The van der Waals surface area contributed by atoms with Gasteiger partial charge in [0.2, 0.25) is 0 Å². The summed E-state index contributed by atoms with van der Waals surface area (Å²) >= 11 is 5.96. The van der Waals surface area contributed by atoms with Gasteiger partial charge in [-0.05, 0) is 18.2 Å². The minimum Gasteiger partial charge on any atom is -1.00 e. The molecule has 0 aliphatic rings. The van der Waals surface area contributed by atoms with Crippen LogP contribution in [0.3, 0.4) is 0 Å². The Bertz CT molecular complexity index is 540. The standard InChI is InChI=1S/C11H7ClN2O2.Na.H/c12-8-4-1-3-7(11(15)16)9(8)10-13-5-2-6-14-10;;/h1-6H,(H,15,16);;/q;+1;-1. The molecule has 82 valence electrons. The maximum Gasteiger partial charge on any atom is 1.00 e. The molecular weight excluding hydrogens is 251 g/mol. The Morgan fingerprint density at radius 3 is 2.47 bits per heavy atom. The Labute approximate surface area is 126 Å². The van der Waals surface area contributed by atoms with Crippen molar-refractivity contribution in [3.8, 4) is 11.4 Å². The number of hydrogen-bond acceptors (Lipinski definition) is 3. The molecule has 0 aliphatic carbocycles. The summed E-state index contributed by atoms with van der Waals surface area (Å²) in [6.07, 6.45) is 3.08. The van der Waals surface area contributed by atoms with Gasteiger partial charge in [-0.3, -0.25) is 0 Å². The van der Waals surface area contributed by atoms with Crippen LogP contribution < -0.4 is 29.6 Å². The fourth-order valence-corrected chi connectivity index (χ4v) is 1.62. The number of aromatic carboxylic acids is 1. The average molecular weight is 259 g/mol. The molecule has 6 heteroatoms. The van der Waals surface area contributed by atoms with E-state index in [1.807, 2.05) is 0 Å². The van der Waals surface area contributed by atoms with Gasteiger partial charge in [0.25, 0.3) is 0 Å². The molecule has 2 aromatic rings. The molecule has 2 rings (SSSR count). The summed E-state index contributed by atoms with van der Waals surface area (Å²) in [5.74, 6) is -0.740. The number of benzene rings is 1.